The van der Waals surface area contributed by atoms with E-state index in [4.69, 9.17) is 0 Å². The summed E-state index contributed by atoms with van der Waals surface area (Å²) in [5.41, 5.74) is 1.10. The SMILES string of the molecule is CC(C)N1CC2CCCC(C1)C2NCc1ccncn1. The van der Waals surface area contributed by atoms with Gasteiger partial charge in [0.25, 0.3) is 0 Å². The van der Waals surface area contributed by atoms with E-state index < -0.39 is 0 Å². The lowest BCUT2D eigenvalue weighted by Gasteiger charge is -2.49. The van der Waals surface area contributed by atoms with Gasteiger partial charge in [0.15, 0.2) is 0 Å². The Morgan fingerprint density at radius 3 is 2.65 bits per heavy atom. The smallest absolute Gasteiger partial charge is 0.115 e. The second-order valence-electron chi connectivity index (χ2n) is 6.61. The molecule has 3 rings (SSSR count). The molecule has 2 heterocycles. The van der Waals surface area contributed by atoms with Gasteiger partial charge in [-0.1, -0.05) is 6.42 Å². The van der Waals surface area contributed by atoms with Gasteiger partial charge in [0.1, 0.15) is 6.33 Å². The molecule has 2 fully saturated rings. The van der Waals surface area contributed by atoms with Crippen LogP contribution in [0.3, 0.4) is 0 Å². The first-order valence-corrected chi connectivity index (χ1v) is 7.96. The highest BCUT2D eigenvalue weighted by Crippen LogP contribution is 2.35. The Morgan fingerprint density at radius 1 is 1.30 bits per heavy atom. The summed E-state index contributed by atoms with van der Waals surface area (Å²) in [4.78, 5) is 11.0. The van der Waals surface area contributed by atoms with Crippen molar-refractivity contribution in [2.24, 2.45) is 11.8 Å². The Labute approximate surface area is 122 Å². The molecule has 2 atom stereocenters. The van der Waals surface area contributed by atoms with Crippen LogP contribution in [0.1, 0.15) is 38.8 Å². The van der Waals surface area contributed by atoms with Crippen molar-refractivity contribution in [1.29, 1.82) is 0 Å². The molecule has 1 aromatic rings. The van der Waals surface area contributed by atoms with Crippen LogP contribution in [-0.4, -0.2) is 40.0 Å². The summed E-state index contributed by atoms with van der Waals surface area (Å²) in [5, 5.41) is 3.78. The predicted molar refractivity (Wildman–Crippen MR) is 80.2 cm³/mol. The van der Waals surface area contributed by atoms with Crippen LogP contribution in [0.5, 0.6) is 0 Å². The molecule has 1 aliphatic heterocycles. The Bertz CT molecular complexity index is 406. The first-order valence-electron chi connectivity index (χ1n) is 7.96. The first-order chi connectivity index (χ1) is 9.74. The van der Waals surface area contributed by atoms with Gasteiger partial charge in [-0.2, -0.15) is 0 Å². The van der Waals surface area contributed by atoms with Crippen LogP contribution in [0.4, 0.5) is 0 Å². The molecule has 4 nitrogen and oxygen atoms in total. The third-order valence-electron chi connectivity index (χ3n) is 5.00. The minimum absolute atomic E-state index is 0.675. The Hall–Kier alpha value is -1.00. The molecule has 0 spiro atoms. The van der Waals surface area contributed by atoms with Crippen molar-refractivity contribution in [3.8, 4) is 0 Å². The van der Waals surface area contributed by atoms with Crippen molar-refractivity contribution < 1.29 is 0 Å². The van der Waals surface area contributed by atoms with Gasteiger partial charge in [-0.25, -0.2) is 9.97 Å². The molecule has 1 saturated heterocycles. The molecule has 1 N–H and O–H groups in total. The van der Waals surface area contributed by atoms with Gasteiger partial charge >= 0.3 is 0 Å². The largest absolute Gasteiger partial charge is 0.308 e. The number of aromatic nitrogens is 2. The van der Waals surface area contributed by atoms with Gasteiger partial charge in [-0.15, -0.1) is 0 Å². The fraction of sp³-hybridized carbons (Fsp3) is 0.750. The minimum Gasteiger partial charge on any atom is -0.308 e. The minimum atomic E-state index is 0.675. The zero-order valence-electron chi connectivity index (χ0n) is 12.6. The quantitative estimate of drug-likeness (QED) is 0.912. The van der Waals surface area contributed by atoms with Gasteiger partial charge in [0.05, 0.1) is 5.69 Å². The van der Waals surface area contributed by atoms with Crippen molar-refractivity contribution in [3.05, 3.63) is 24.3 Å². The third-order valence-corrected chi connectivity index (χ3v) is 5.00. The molecule has 0 amide bonds. The van der Waals surface area contributed by atoms with Crippen molar-refractivity contribution in [2.45, 2.75) is 51.7 Å². The van der Waals surface area contributed by atoms with E-state index in [-0.39, 0.29) is 0 Å². The molecule has 2 bridgehead atoms. The standard InChI is InChI=1S/C16H26N4/c1-12(2)20-9-13-4-3-5-14(10-20)16(13)18-8-15-6-7-17-11-19-15/h6-7,11-14,16,18H,3-5,8-10H2,1-2H3. The Kier molecular flexibility index (Phi) is 4.32. The maximum atomic E-state index is 4.32. The molecule has 1 saturated carbocycles. The lowest BCUT2D eigenvalue weighted by molar-refractivity contribution is 0.0288. The third kappa shape index (κ3) is 3.01. The van der Waals surface area contributed by atoms with E-state index in [0.717, 1.165) is 24.1 Å². The number of rotatable bonds is 4. The summed E-state index contributed by atoms with van der Waals surface area (Å²) in [6, 6.07) is 3.36. The van der Waals surface area contributed by atoms with E-state index in [1.165, 1.54) is 32.4 Å². The van der Waals surface area contributed by atoms with E-state index in [2.05, 4.69) is 34.0 Å². The van der Waals surface area contributed by atoms with Crippen molar-refractivity contribution >= 4 is 0 Å². The number of hydrogen-bond donors (Lipinski definition) is 1. The normalized spacial score (nSPS) is 30.6. The molecule has 0 aromatic carbocycles. The molecule has 0 radical (unpaired) electrons. The highest BCUT2D eigenvalue weighted by atomic mass is 15.2. The topological polar surface area (TPSA) is 41.0 Å². The van der Waals surface area contributed by atoms with Crippen LogP contribution in [0.25, 0.3) is 0 Å². The van der Waals surface area contributed by atoms with E-state index in [9.17, 15) is 0 Å². The average molecular weight is 274 g/mol. The van der Waals surface area contributed by atoms with Crippen molar-refractivity contribution in [3.63, 3.8) is 0 Å². The van der Waals surface area contributed by atoms with Crippen LogP contribution >= 0.6 is 0 Å². The maximum absolute atomic E-state index is 4.32. The zero-order valence-corrected chi connectivity index (χ0v) is 12.6. The first kappa shape index (κ1) is 14.0. The fourth-order valence-electron chi connectivity index (χ4n) is 3.87. The lowest BCUT2D eigenvalue weighted by Crippen LogP contribution is -2.58. The van der Waals surface area contributed by atoms with Crippen molar-refractivity contribution in [1.82, 2.24) is 20.2 Å². The Morgan fingerprint density at radius 2 is 2.05 bits per heavy atom. The van der Waals surface area contributed by atoms with Gasteiger partial charge in [0.2, 0.25) is 0 Å². The zero-order chi connectivity index (χ0) is 13.9. The summed E-state index contributed by atoms with van der Waals surface area (Å²) >= 11 is 0. The van der Waals surface area contributed by atoms with E-state index in [1.807, 2.05) is 12.3 Å². The summed E-state index contributed by atoms with van der Waals surface area (Å²) in [6.45, 7) is 8.04. The number of hydrogen-bond acceptors (Lipinski definition) is 4. The van der Waals surface area contributed by atoms with Crippen LogP contribution in [-0.2, 0) is 6.54 Å². The molecule has 4 heteroatoms. The van der Waals surface area contributed by atoms with Crippen LogP contribution in [0.2, 0.25) is 0 Å². The van der Waals surface area contributed by atoms with E-state index >= 15 is 0 Å². The monoisotopic (exact) mass is 274 g/mol. The second-order valence-corrected chi connectivity index (χ2v) is 6.61. The average Bonchev–Trinajstić information content (AvgIpc) is 2.45. The summed E-state index contributed by atoms with van der Waals surface area (Å²) in [6.07, 6.45) is 7.63. The number of fused-ring (bicyclic) bond motifs is 2. The van der Waals surface area contributed by atoms with E-state index in [0.29, 0.717) is 12.1 Å². The van der Waals surface area contributed by atoms with Crippen LogP contribution in [0, 0.1) is 11.8 Å². The number of piperidine rings is 1. The predicted octanol–water partition coefficient (Wildman–Crippen LogP) is 2.08. The molecule has 2 aliphatic rings. The summed E-state index contributed by atoms with van der Waals surface area (Å²) in [7, 11) is 0. The maximum Gasteiger partial charge on any atom is 0.115 e. The molecule has 2 unspecified atom stereocenters. The second kappa shape index (κ2) is 6.19. The van der Waals surface area contributed by atoms with Gasteiger partial charge in [-0.3, -0.25) is 0 Å². The summed E-state index contributed by atoms with van der Waals surface area (Å²) < 4.78 is 0. The lowest BCUT2D eigenvalue weighted by atomic mass is 9.73. The van der Waals surface area contributed by atoms with Crippen LogP contribution in [0.15, 0.2) is 18.6 Å². The molecule has 1 aromatic heterocycles. The van der Waals surface area contributed by atoms with Gasteiger partial charge in [-0.05, 0) is 44.6 Å². The molecule has 110 valence electrons. The molecule has 20 heavy (non-hydrogen) atoms. The van der Waals surface area contributed by atoms with Gasteiger partial charge in [0, 0.05) is 37.9 Å². The van der Waals surface area contributed by atoms with E-state index in [1.54, 1.807) is 6.33 Å². The molecule has 1 aliphatic carbocycles. The molecular weight excluding hydrogens is 248 g/mol. The Balaban J connectivity index is 1.62. The van der Waals surface area contributed by atoms with Crippen molar-refractivity contribution in [2.75, 3.05) is 13.1 Å². The van der Waals surface area contributed by atoms with Gasteiger partial charge < -0.3 is 10.2 Å². The number of likely N-dealkylation sites (tertiary alicyclic amines) is 1. The number of nitrogens with one attached hydrogen (secondary N) is 1. The summed E-state index contributed by atoms with van der Waals surface area (Å²) in [5.74, 6) is 1.62. The van der Waals surface area contributed by atoms with Crippen LogP contribution < -0.4 is 5.32 Å². The highest BCUT2D eigenvalue weighted by molar-refractivity contribution is 5.00. The highest BCUT2D eigenvalue weighted by Gasteiger charge is 2.39. The molecular formula is C16H26N4. The fourth-order valence-corrected chi connectivity index (χ4v) is 3.87. The number of nitrogens with zero attached hydrogens (tertiary/aromatic N) is 3.